The number of hydrogen-bond donors (Lipinski definition) is 1. The third-order valence-corrected chi connectivity index (χ3v) is 9.22. The predicted molar refractivity (Wildman–Crippen MR) is 104 cm³/mol. The quantitative estimate of drug-likeness (QED) is 0.183. The second-order valence-electron chi connectivity index (χ2n) is 9.12. The van der Waals surface area contributed by atoms with Gasteiger partial charge in [-0.2, -0.15) is 0 Å². The van der Waals surface area contributed by atoms with Crippen LogP contribution in [0.3, 0.4) is 0 Å². The van der Waals surface area contributed by atoms with E-state index in [0.29, 0.717) is 12.0 Å². The third kappa shape index (κ3) is 4.84. The van der Waals surface area contributed by atoms with Gasteiger partial charge in [0.2, 0.25) is 10.0 Å². The summed E-state index contributed by atoms with van der Waals surface area (Å²) in [6.45, 7) is 5.48. The van der Waals surface area contributed by atoms with E-state index in [4.69, 9.17) is 4.74 Å². The number of sulfonamides is 1. The molecule has 4 rings (SSSR count). The number of nitrogens with one attached hydrogen (secondary N) is 1. The first kappa shape index (κ1) is 22.3. The van der Waals surface area contributed by atoms with E-state index >= 15 is 0 Å². The Balaban J connectivity index is 1.57. The van der Waals surface area contributed by atoms with Crippen LogP contribution in [0.2, 0.25) is 0 Å². The molecule has 4 saturated carbocycles. The van der Waals surface area contributed by atoms with Crippen molar-refractivity contribution in [2.45, 2.75) is 70.9 Å². The average molecular weight is 438 g/mol. The van der Waals surface area contributed by atoms with Gasteiger partial charge in [0.05, 0.1) is 19.2 Å². The van der Waals surface area contributed by atoms with E-state index in [1.807, 2.05) is 13.8 Å². The minimum atomic E-state index is -3.76. The van der Waals surface area contributed by atoms with Gasteiger partial charge in [0, 0.05) is 5.41 Å². The van der Waals surface area contributed by atoms with Gasteiger partial charge in [-0.05, 0) is 77.0 Å². The Morgan fingerprint density at radius 3 is 2.21 bits per heavy atom. The van der Waals surface area contributed by atoms with Crippen LogP contribution in [0.1, 0.15) is 59.3 Å². The molecule has 0 radical (unpaired) electrons. The number of hydrogen-bond acceptors (Lipinski definition) is 8. The Bertz CT molecular complexity index is 644. The summed E-state index contributed by atoms with van der Waals surface area (Å²) < 4.78 is 36.9. The van der Waals surface area contributed by atoms with Crippen molar-refractivity contribution in [3.8, 4) is 0 Å². The van der Waals surface area contributed by atoms with E-state index in [0.717, 1.165) is 37.0 Å². The summed E-state index contributed by atoms with van der Waals surface area (Å²) in [4.78, 5) is 16.9. The van der Waals surface area contributed by atoms with E-state index in [9.17, 15) is 13.2 Å². The summed E-state index contributed by atoms with van der Waals surface area (Å²) in [6, 6.07) is -0.984. The predicted octanol–water partition coefficient (Wildman–Crippen LogP) is 2.95. The van der Waals surface area contributed by atoms with E-state index in [2.05, 4.69) is 19.0 Å². The maximum atomic E-state index is 12.7. The fraction of sp³-hybridized carbons (Fsp3) is 0.944. The summed E-state index contributed by atoms with van der Waals surface area (Å²) >= 11 is 0.540. The van der Waals surface area contributed by atoms with Crippen LogP contribution in [0.15, 0.2) is 0 Å². The van der Waals surface area contributed by atoms with Crippen LogP contribution in [-0.4, -0.2) is 38.2 Å². The highest BCUT2D eigenvalue weighted by atomic mass is 32.3. The Hall–Kier alpha value is -0.390. The van der Waals surface area contributed by atoms with Gasteiger partial charge in [-0.3, -0.25) is 4.79 Å². The molecule has 0 aromatic rings. The lowest BCUT2D eigenvalue weighted by Gasteiger charge is -2.61. The van der Waals surface area contributed by atoms with Gasteiger partial charge in [-0.15, -0.1) is 4.33 Å². The Morgan fingerprint density at radius 1 is 1.18 bits per heavy atom. The zero-order chi connectivity index (χ0) is 20.6. The van der Waals surface area contributed by atoms with Crippen molar-refractivity contribution in [3.63, 3.8) is 0 Å². The molecule has 0 aliphatic heterocycles. The summed E-state index contributed by atoms with van der Waals surface area (Å²) in [5.41, 5.74) is -0.610. The van der Waals surface area contributed by atoms with Crippen molar-refractivity contribution >= 4 is 28.0 Å². The van der Waals surface area contributed by atoms with Crippen molar-refractivity contribution in [2.24, 2.45) is 23.2 Å². The Morgan fingerprint density at radius 2 is 1.71 bits per heavy atom. The summed E-state index contributed by atoms with van der Waals surface area (Å²) in [5.74, 6) is 1.67. The van der Waals surface area contributed by atoms with Crippen LogP contribution in [0, 0.1) is 23.2 Å². The largest absolute Gasteiger partial charge is 0.458 e. The molecule has 10 heteroatoms. The first-order valence-corrected chi connectivity index (χ1v) is 12.3. The van der Waals surface area contributed by atoms with Crippen LogP contribution in [0.4, 0.5) is 0 Å². The molecule has 28 heavy (non-hydrogen) atoms. The highest BCUT2D eigenvalue weighted by Gasteiger charge is 2.58. The summed E-state index contributed by atoms with van der Waals surface area (Å²) in [5, 5.41) is 3.71. The second-order valence-corrected chi connectivity index (χ2v) is 11.9. The van der Waals surface area contributed by atoms with Gasteiger partial charge in [-0.1, -0.05) is 5.04 Å². The molecule has 4 fully saturated rings. The lowest BCUT2D eigenvalue weighted by molar-refractivity contribution is -0.447. The minimum Gasteiger partial charge on any atom is -0.458 e. The van der Waals surface area contributed by atoms with Crippen molar-refractivity contribution in [3.05, 3.63) is 0 Å². The summed E-state index contributed by atoms with van der Waals surface area (Å²) in [6.07, 6.45) is 7.25. The van der Waals surface area contributed by atoms with Crippen LogP contribution in [0.25, 0.3) is 0 Å². The standard InChI is InChI=1S/C18H31NO7S2/c1-12(19-28(21,22)11-27-26-25-23-4)16(20)24-17(2,3)18-8-13-5-14(9-18)7-15(6-13)10-18/h12-15,19H,5-11H2,1-4H3. The van der Waals surface area contributed by atoms with Crippen LogP contribution in [-0.2, 0) is 33.8 Å². The first-order valence-electron chi connectivity index (χ1n) is 9.78. The lowest BCUT2D eigenvalue weighted by Crippen LogP contribution is -2.58. The zero-order valence-corrected chi connectivity index (χ0v) is 18.6. The zero-order valence-electron chi connectivity index (χ0n) is 16.9. The van der Waals surface area contributed by atoms with E-state index in [-0.39, 0.29) is 5.41 Å². The Kier molecular flexibility index (Phi) is 6.68. The van der Waals surface area contributed by atoms with Crippen molar-refractivity contribution < 1.29 is 32.2 Å². The van der Waals surface area contributed by atoms with Gasteiger partial charge < -0.3 is 4.74 Å². The molecule has 0 aromatic carbocycles. The molecular weight excluding hydrogens is 406 g/mol. The van der Waals surface area contributed by atoms with Crippen LogP contribution < -0.4 is 4.72 Å². The number of rotatable bonds is 10. The fourth-order valence-corrected chi connectivity index (χ4v) is 7.44. The van der Waals surface area contributed by atoms with Crippen molar-refractivity contribution in [2.75, 3.05) is 12.2 Å². The molecule has 0 aromatic heterocycles. The van der Waals surface area contributed by atoms with Crippen molar-refractivity contribution in [1.82, 2.24) is 4.72 Å². The average Bonchev–Trinajstić information content (AvgIpc) is 2.56. The topological polar surface area (TPSA) is 100 Å². The molecule has 0 spiro atoms. The van der Waals surface area contributed by atoms with Crippen LogP contribution in [0.5, 0.6) is 0 Å². The molecule has 4 bridgehead atoms. The van der Waals surface area contributed by atoms with Gasteiger partial charge in [0.25, 0.3) is 0 Å². The smallest absolute Gasteiger partial charge is 0.324 e. The number of ether oxygens (including phenoxy) is 1. The molecule has 162 valence electrons. The monoisotopic (exact) mass is 437 g/mol. The number of esters is 1. The molecule has 8 nitrogen and oxygen atoms in total. The molecule has 1 N–H and O–H groups in total. The molecule has 1 unspecified atom stereocenters. The molecule has 0 amide bonds. The van der Waals surface area contributed by atoms with Gasteiger partial charge in [0.15, 0.2) is 0 Å². The highest BCUT2D eigenvalue weighted by molar-refractivity contribution is 8.09. The molecule has 4 aliphatic carbocycles. The number of carbonyl (C=O) groups excluding carboxylic acids is 1. The van der Waals surface area contributed by atoms with Gasteiger partial charge in [0.1, 0.15) is 16.7 Å². The SMILES string of the molecule is COOOSCS(=O)(=O)NC(C)C(=O)OC(C)(C)C12CC3CC(CC(C3)C1)C2. The van der Waals surface area contributed by atoms with E-state index < -0.39 is 32.7 Å². The van der Waals surface area contributed by atoms with Gasteiger partial charge in [-0.25, -0.2) is 18.0 Å². The van der Waals surface area contributed by atoms with E-state index in [1.54, 1.807) is 0 Å². The molecule has 0 heterocycles. The minimum absolute atomic E-state index is 0.0111. The highest BCUT2D eigenvalue weighted by Crippen LogP contribution is 2.64. The molecule has 4 aliphatic rings. The Labute approximate surface area is 171 Å². The van der Waals surface area contributed by atoms with Crippen molar-refractivity contribution in [1.29, 1.82) is 0 Å². The van der Waals surface area contributed by atoms with E-state index in [1.165, 1.54) is 33.3 Å². The fourth-order valence-electron chi connectivity index (χ4n) is 5.78. The third-order valence-electron chi connectivity index (χ3n) is 6.73. The van der Waals surface area contributed by atoms with Crippen LogP contribution >= 0.6 is 12.0 Å². The maximum Gasteiger partial charge on any atom is 0.324 e. The molecular formula is C18H31NO7S2. The second kappa shape index (κ2) is 8.39. The molecule has 0 saturated heterocycles. The molecule has 1 atom stereocenters. The summed E-state index contributed by atoms with van der Waals surface area (Å²) in [7, 11) is -2.52. The lowest BCUT2D eigenvalue weighted by atomic mass is 9.46. The maximum absolute atomic E-state index is 12.7. The normalized spacial score (nSPS) is 33.1. The first-order chi connectivity index (χ1) is 13.1. The number of carbonyl (C=O) groups is 1. The van der Waals surface area contributed by atoms with Gasteiger partial charge >= 0.3 is 5.97 Å².